The third kappa shape index (κ3) is 2.94. The number of hydrogen-bond acceptors (Lipinski definition) is 9. The minimum absolute atomic E-state index is 0.201. The average molecular weight is 335 g/mol. The lowest BCUT2D eigenvalue weighted by Crippen LogP contribution is -2.13. The van der Waals surface area contributed by atoms with Crippen molar-refractivity contribution in [3.05, 3.63) is 30.1 Å². The summed E-state index contributed by atoms with van der Waals surface area (Å²) in [6, 6.07) is 7.74. The highest BCUT2D eigenvalue weighted by Crippen LogP contribution is 2.30. The Hall–Kier alpha value is -1.84. The van der Waals surface area contributed by atoms with Crippen LogP contribution in [0.1, 0.15) is 5.82 Å². The summed E-state index contributed by atoms with van der Waals surface area (Å²) >= 11 is 3.53. The topological polar surface area (TPSA) is 94.1 Å². The van der Waals surface area contributed by atoms with Crippen LogP contribution in [0.4, 0.5) is 5.13 Å². The highest BCUT2D eigenvalue weighted by atomic mass is 32.2. The summed E-state index contributed by atoms with van der Waals surface area (Å²) in [5.41, 5.74) is 6.62. The lowest BCUT2D eigenvalue weighted by Gasteiger charge is -1.97. The Morgan fingerprint density at radius 1 is 1.33 bits per heavy atom. The molecule has 2 N–H and O–H groups in total. The van der Waals surface area contributed by atoms with Crippen LogP contribution in [-0.4, -0.2) is 32.2 Å². The van der Waals surface area contributed by atoms with Gasteiger partial charge in [0, 0.05) is 18.6 Å². The van der Waals surface area contributed by atoms with E-state index in [1.807, 2.05) is 24.3 Å². The summed E-state index contributed by atoms with van der Waals surface area (Å²) in [5, 5.41) is 0.0679. The monoisotopic (exact) mass is 335 g/mol. The van der Waals surface area contributed by atoms with Crippen molar-refractivity contribution in [1.29, 1.82) is 0 Å². The van der Waals surface area contributed by atoms with E-state index in [4.69, 9.17) is 5.73 Å². The van der Waals surface area contributed by atoms with Crippen molar-refractivity contribution in [3.63, 3.8) is 0 Å². The van der Waals surface area contributed by atoms with E-state index in [2.05, 4.69) is 19.3 Å². The van der Waals surface area contributed by atoms with Gasteiger partial charge in [-0.3, -0.25) is 9.79 Å². The van der Waals surface area contributed by atoms with E-state index in [-0.39, 0.29) is 16.7 Å². The number of para-hydroxylation sites is 1. The van der Waals surface area contributed by atoms with E-state index in [0.29, 0.717) is 9.47 Å². The van der Waals surface area contributed by atoms with E-state index in [0.717, 1.165) is 33.5 Å². The zero-order valence-electron chi connectivity index (χ0n) is 10.8. The first-order valence-corrected chi connectivity index (χ1v) is 8.22. The minimum atomic E-state index is -0.241. The number of rotatable bonds is 3. The lowest BCUT2D eigenvalue weighted by molar-refractivity contribution is -0.105. The standard InChI is InChI=1S/C12H9N5OS3/c1-14-8(9-16-11(13)21-17-9)10(18)20-12-15-6-4-2-3-5-7(6)19-12/h2-5H,1H3,(H2,13,16,17)/b14-8+. The van der Waals surface area contributed by atoms with Crippen molar-refractivity contribution in [3.8, 4) is 0 Å². The zero-order valence-corrected chi connectivity index (χ0v) is 13.3. The molecule has 0 aliphatic rings. The number of benzene rings is 1. The maximum atomic E-state index is 12.3. The average Bonchev–Trinajstić information content (AvgIpc) is 3.05. The number of nitrogens with two attached hydrogens (primary N) is 1. The predicted molar refractivity (Wildman–Crippen MR) is 87.3 cm³/mol. The molecule has 6 nitrogen and oxygen atoms in total. The molecule has 1 aromatic carbocycles. The molecule has 0 saturated carbocycles. The van der Waals surface area contributed by atoms with E-state index in [9.17, 15) is 4.79 Å². The van der Waals surface area contributed by atoms with Gasteiger partial charge in [-0.05, 0) is 23.9 Å². The highest BCUT2D eigenvalue weighted by Gasteiger charge is 2.20. The fraction of sp³-hybridized carbons (Fsp3) is 0.0833. The van der Waals surface area contributed by atoms with Gasteiger partial charge in [0.25, 0.3) is 0 Å². The van der Waals surface area contributed by atoms with Gasteiger partial charge in [-0.2, -0.15) is 9.36 Å². The molecule has 106 valence electrons. The van der Waals surface area contributed by atoms with Crippen LogP contribution in [0.3, 0.4) is 0 Å². The Morgan fingerprint density at radius 2 is 2.14 bits per heavy atom. The van der Waals surface area contributed by atoms with Crippen LogP contribution in [0.5, 0.6) is 0 Å². The van der Waals surface area contributed by atoms with Crippen LogP contribution in [-0.2, 0) is 4.79 Å². The first-order valence-electron chi connectivity index (χ1n) is 5.81. The van der Waals surface area contributed by atoms with Gasteiger partial charge in [0.05, 0.1) is 10.2 Å². The number of thioether (sulfide) groups is 1. The van der Waals surface area contributed by atoms with Crippen LogP contribution in [0.25, 0.3) is 10.2 Å². The number of carbonyl (C=O) groups excluding carboxylic acids is 1. The Labute approximate surface area is 132 Å². The summed E-state index contributed by atoms with van der Waals surface area (Å²) in [7, 11) is 1.53. The third-order valence-electron chi connectivity index (χ3n) is 2.52. The maximum absolute atomic E-state index is 12.3. The second kappa shape index (κ2) is 5.88. The van der Waals surface area contributed by atoms with Crippen molar-refractivity contribution in [2.45, 2.75) is 4.34 Å². The molecule has 3 rings (SSSR count). The molecule has 2 heterocycles. The van der Waals surface area contributed by atoms with Crippen LogP contribution in [0.2, 0.25) is 0 Å². The Morgan fingerprint density at radius 3 is 2.81 bits per heavy atom. The molecule has 0 atom stereocenters. The first-order chi connectivity index (χ1) is 10.2. The van der Waals surface area contributed by atoms with Gasteiger partial charge in [0.1, 0.15) is 0 Å². The van der Waals surface area contributed by atoms with Gasteiger partial charge in [-0.1, -0.05) is 12.1 Å². The predicted octanol–water partition coefficient (Wildman–Crippen LogP) is 2.47. The second-order valence-electron chi connectivity index (χ2n) is 3.87. The molecule has 0 saturated heterocycles. The zero-order chi connectivity index (χ0) is 14.8. The first kappa shape index (κ1) is 14.1. The highest BCUT2D eigenvalue weighted by molar-refractivity contribution is 8.16. The molecule has 0 radical (unpaired) electrons. The van der Waals surface area contributed by atoms with Crippen molar-refractivity contribution in [2.75, 3.05) is 12.8 Å². The van der Waals surface area contributed by atoms with Crippen molar-refractivity contribution in [1.82, 2.24) is 14.3 Å². The van der Waals surface area contributed by atoms with Crippen molar-refractivity contribution in [2.24, 2.45) is 4.99 Å². The maximum Gasteiger partial charge on any atom is 0.248 e. The Balaban J connectivity index is 1.84. The fourth-order valence-corrected chi connectivity index (χ4v) is 4.01. The van der Waals surface area contributed by atoms with E-state index in [1.54, 1.807) is 0 Å². The summed E-state index contributed by atoms with van der Waals surface area (Å²) < 4.78 is 5.73. The van der Waals surface area contributed by atoms with Crippen LogP contribution < -0.4 is 5.73 Å². The molecule has 0 aliphatic carbocycles. The lowest BCUT2D eigenvalue weighted by atomic mass is 10.3. The van der Waals surface area contributed by atoms with E-state index >= 15 is 0 Å². The Kier molecular flexibility index (Phi) is 3.95. The minimum Gasteiger partial charge on any atom is -0.374 e. The molecule has 2 aromatic heterocycles. The van der Waals surface area contributed by atoms with Gasteiger partial charge < -0.3 is 5.73 Å². The molecular formula is C12H9N5OS3. The number of nitrogen functional groups attached to an aromatic ring is 1. The molecule has 0 amide bonds. The third-order valence-corrected chi connectivity index (χ3v) is 5.04. The van der Waals surface area contributed by atoms with Crippen LogP contribution >= 0.6 is 34.6 Å². The Bertz CT molecular complexity index is 805. The van der Waals surface area contributed by atoms with Crippen LogP contribution in [0, 0.1) is 0 Å². The van der Waals surface area contributed by atoms with Gasteiger partial charge in [0.15, 0.2) is 21.0 Å². The molecule has 0 fully saturated rings. The fourth-order valence-electron chi connectivity index (χ4n) is 1.64. The molecule has 0 unspecified atom stereocenters. The number of fused-ring (bicyclic) bond motifs is 1. The molecular weight excluding hydrogens is 326 g/mol. The summed E-state index contributed by atoms with van der Waals surface area (Å²) in [4.78, 5) is 24.7. The molecule has 3 aromatic rings. The van der Waals surface area contributed by atoms with Crippen molar-refractivity contribution < 1.29 is 4.79 Å². The largest absolute Gasteiger partial charge is 0.374 e. The number of thiazole rings is 1. The molecule has 21 heavy (non-hydrogen) atoms. The summed E-state index contributed by atoms with van der Waals surface area (Å²) in [6.45, 7) is 0. The molecule has 0 spiro atoms. The van der Waals surface area contributed by atoms with Gasteiger partial charge in [-0.15, -0.1) is 11.3 Å². The number of hydrogen-bond donors (Lipinski definition) is 1. The molecule has 9 heteroatoms. The SMILES string of the molecule is C/N=C(/C(=O)Sc1nc2ccccc2s1)c1nsc(N)n1. The quantitative estimate of drug-likeness (QED) is 0.584. The van der Waals surface area contributed by atoms with E-state index < -0.39 is 0 Å². The molecule has 0 bridgehead atoms. The van der Waals surface area contributed by atoms with Gasteiger partial charge >= 0.3 is 0 Å². The smallest absolute Gasteiger partial charge is 0.248 e. The molecule has 0 aliphatic heterocycles. The number of aromatic nitrogens is 3. The van der Waals surface area contributed by atoms with Crippen LogP contribution in [0.15, 0.2) is 33.6 Å². The van der Waals surface area contributed by atoms with E-state index in [1.165, 1.54) is 18.4 Å². The number of carbonyl (C=O) groups is 1. The second-order valence-corrected chi connectivity index (χ2v) is 6.90. The van der Waals surface area contributed by atoms with Gasteiger partial charge in [0.2, 0.25) is 5.12 Å². The summed E-state index contributed by atoms with van der Waals surface area (Å²) in [5.74, 6) is 0.263. The normalized spacial score (nSPS) is 12.0. The van der Waals surface area contributed by atoms with Crippen molar-refractivity contribution >= 4 is 60.8 Å². The van der Waals surface area contributed by atoms with Gasteiger partial charge in [-0.25, -0.2) is 4.98 Å². The number of nitrogens with zero attached hydrogens (tertiary/aromatic N) is 4. The summed E-state index contributed by atoms with van der Waals surface area (Å²) in [6.07, 6.45) is 0. The number of anilines is 1. The number of aliphatic imine (C=N–C) groups is 1.